The molecule has 42 nitrogen and oxygen atoms in total. The number of nitrogens with one attached hydrogen (secondary N) is 7. The molecule has 21 saturated heterocycles. The molecule has 14 bridgehead atoms. The topological polar surface area (TPSA) is 519 Å². The summed E-state index contributed by atoms with van der Waals surface area (Å²) < 4.78 is 91.1. The number of hydrogen-bond donors (Lipinski definition) is 21. The minimum Gasteiger partial charge on any atom is -0.387 e. The van der Waals surface area contributed by atoms with Gasteiger partial charge in [0.25, 0.3) is 0 Å². The highest BCUT2D eigenvalue weighted by Crippen LogP contribution is 2.39. The van der Waals surface area contributed by atoms with E-state index < -0.39 is 215 Å². The molecular weight excluding hydrogens is 1480 g/mol. The highest BCUT2D eigenvalue weighted by atomic mass is 16.8. The smallest absolute Gasteiger partial charge is 0.187 e. The first kappa shape index (κ1) is 95.8. The summed E-state index contributed by atoms with van der Waals surface area (Å²) in [4.78, 5) is 13.4. The van der Waals surface area contributed by atoms with Crippen molar-refractivity contribution in [3.63, 3.8) is 0 Å². The Morgan fingerprint density at radius 2 is 0.277 bits per heavy atom. The molecule has 21 heterocycles. The summed E-state index contributed by atoms with van der Waals surface area (Å²) in [5, 5.41) is 195. The van der Waals surface area contributed by atoms with E-state index in [9.17, 15) is 71.5 Å². The summed E-state index contributed by atoms with van der Waals surface area (Å²) in [6.45, 7) is 5.42. The molecule has 21 N–H and O–H groups in total. The van der Waals surface area contributed by atoms with Gasteiger partial charge in [-0.25, -0.2) is 0 Å². The van der Waals surface area contributed by atoms with Crippen LogP contribution in [0.5, 0.6) is 0 Å². The minimum absolute atomic E-state index is 0.112. The number of likely N-dealkylation sites (N-methyl/N-ethyl adjacent to an activating group) is 7. The zero-order chi connectivity index (χ0) is 81.9. The van der Waals surface area contributed by atoms with Crippen LogP contribution in [0.15, 0.2) is 0 Å². The van der Waals surface area contributed by atoms with Crippen molar-refractivity contribution in [1.29, 1.82) is 0 Å². The quantitative estimate of drug-likeness (QED) is 0.0262. The number of ether oxygens (including phenoxy) is 14. The van der Waals surface area contributed by atoms with E-state index in [1.54, 1.807) is 0 Å². The summed E-state index contributed by atoms with van der Waals surface area (Å²) in [6, 6.07) is 0. The van der Waals surface area contributed by atoms with Crippen LogP contribution in [0.2, 0.25) is 0 Å². The molecule has 0 radical (unpaired) electrons. The normalized spacial score (nSPS) is 42.2. The van der Waals surface area contributed by atoms with Crippen LogP contribution in [0.1, 0.15) is 0 Å². The third-order valence-corrected chi connectivity index (χ3v) is 21.1. The van der Waals surface area contributed by atoms with Gasteiger partial charge in [-0.05, 0) is 98.7 Å². The molecule has 21 aliphatic rings. The predicted octanol–water partition coefficient (Wildman–Crippen LogP) is -14.1. The highest BCUT2D eigenvalue weighted by Gasteiger charge is 2.60. The molecule has 658 valence electrons. The van der Waals surface area contributed by atoms with E-state index in [4.69, 9.17) is 66.3 Å². The van der Waals surface area contributed by atoms with Gasteiger partial charge < -0.3 is 209 Å². The van der Waals surface area contributed by atoms with Gasteiger partial charge >= 0.3 is 0 Å². The van der Waals surface area contributed by atoms with E-state index >= 15 is 0 Å². The van der Waals surface area contributed by atoms with Crippen molar-refractivity contribution in [3.05, 3.63) is 0 Å². The Kier molecular flexibility index (Phi) is 39.7. The maximum Gasteiger partial charge on any atom is 0.187 e. The Bertz CT molecular complexity index is 2140. The summed E-state index contributed by atoms with van der Waals surface area (Å²) in [5.74, 6) is 0. The SMILES string of the molecule is CN(C)CCNC[C@H]1O[C@@H]2O[C@H]3[C@H](O)[C@@H](O)[C@@H](O[C@H]4[C@H](O)[C@@H](O)[C@H](O[C@@H]4CNCCN(C)C)O[C@H]4C(O)[C@@H](O)[C@@H](O[C@H]5[C@H](O)[C@@H](O)[C@@H](O[C@H]6[C@H](O)C(O)[C@@H](O[C@H]7[C@H](O)C(O)[C@@H](O[C@H]1[C@H](O)[C@H]2O)O[C@@H]7CNCCN(C)C)O[C@@H]6CNCCN(C)C)O[C@@H]5CNCCN(C)C)O[C@@H]4CNCCN(C)C)O[C@@H]3CNCCN(C)C. The second-order valence-electron chi connectivity index (χ2n) is 32.4. The largest absolute Gasteiger partial charge is 0.387 e. The number of rotatable bonds is 35. The fraction of sp³-hybridized carbons (Fsp3) is 1.00. The lowest BCUT2D eigenvalue weighted by atomic mass is 9.94. The molecule has 0 aromatic rings. The zero-order valence-electron chi connectivity index (χ0n) is 67.7. The minimum atomic E-state index is -2.03. The van der Waals surface area contributed by atoms with Crippen molar-refractivity contribution in [3.8, 4) is 0 Å². The van der Waals surface area contributed by atoms with Gasteiger partial charge in [-0.15, -0.1) is 0 Å². The van der Waals surface area contributed by atoms with Crippen LogP contribution in [-0.4, -0.2) is 557 Å². The van der Waals surface area contributed by atoms with E-state index in [2.05, 4.69) is 37.2 Å². The average Bonchev–Trinajstić information content (AvgIpc) is 0.778. The highest BCUT2D eigenvalue weighted by molar-refractivity contribution is 5.03. The van der Waals surface area contributed by atoms with Crippen molar-refractivity contribution in [2.45, 2.75) is 215 Å². The molecule has 0 aromatic carbocycles. The lowest BCUT2D eigenvalue weighted by molar-refractivity contribution is -0.392. The van der Waals surface area contributed by atoms with Crippen molar-refractivity contribution in [2.75, 3.05) is 236 Å². The van der Waals surface area contributed by atoms with Crippen molar-refractivity contribution >= 4 is 0 Å². The first-order valence-corrected chi connectivity index (χ1v) is 39.3. The van der Waals surface area contributed by atoms with Crippen LogP contribution in [0.4, 0.5) is 0 Å². The molecule has 35 atom stereocenters. The van der Waals surface area contributed by atoms with Crippen LogP contribution < -0.4 is 37.2 Å². The first-order valence-electron chi connectivity index (χ1n) is 39.3. The first-order chi connectivity index (χ1) is 53.1. The second kappa shape index (κ2) is 46.4. The van der Waals surface area contributed by atoms with Gasteiger partial charge in [0.05, 0.1) is 0 Å². The number of aliphatic hydroxyl groups is 14. The molecule has 0 aliphatic carbocycles. The fourth-order valence-corrected chi connectivity index (χ4v) is 14.4. The Labute approximate surface area is 658 Å². The van der Waals surface area contributed by atoms with Gasteiger partial charge in [-0.1, -0.05) is 0 Å². The lowest BCUT2D eigenvalue weighted by Crippen LogP contribution is -2.69. The molecule has 21 fully saturated rings. The van der Waals surface area contributed by atoms with Crippen LogP contribution in [-0.2, 0) is 66.3 Å². The Morgan fingerprint density at radius 3 is 0.375 bits per heavy atom. The maximum atomic E-state index is 12.4. The Balaban J connectivity index is 1.21. The lowest BCUT2D eigenvalue weighted by Gasteiger charge is -2.50. The summed E-state index contributed by atoms with van der Waals surface area (Å²) in [7, 11) is 26.1. The third-order valence-electron chi connectivity index (χ3n) is 21.1. The van der Waals surface area contributed by atoms with Crippen molar-refractivity contribution in [2.24, 2.45) is 0 Å². The zero-order valence-corrected chi connectivity index (χ0v) is 67.7. The summed E-state index contributed by atoms with van der Waals surface area (Å²) in [6.07, 6.45) is -60.8. The molecule has 112 heavy (non-hydrogen) atoms. The van der Waals surface area contributed by atoms with Crippen LogP contribution in [0.25, 0.3) is 0 Å². The van der Waals surface area contributed by atoms with E-state index in [1.165, 1.54) is 0 Å². The molecule has 0 aromatic heterocycles. The van der Waals surface area contributed by atoms with E-state index in [0.717, 1.165) is 0 Å². The van der Waals surface area contributed by atoms with Gasteiger partial charge in [0.15, 0.2) is 44.0 Å². The molecule has 21 aliphatic heterocycles. The number of nitrogens with zero attached hydrogens (tertiary/aromatic N) is 7. The Hall–Kier alpha value is -1.68. The molecule has 0 spiro atoms. The summed E-state index contributed by atoms with van der Waals surface area (Å²) >= 11 is 0. The monoisotopic (exact) mass is 1620 g/mol. The van der Waals surface area contributed by atoms with E-state index in [-0.39, 0.29) is 45.8 Å². The van der Waals surface area contributed by atoms with Gasteiger partial charge in [-0.3, -0.25) is 0 Å². The number of aliphatic hydroxyl groups excluding tert-OH is 14. The van der Waals surface area contributed by atoms with Gasteiger partial charge in [0.1, 0.15) is 171 Å². The molecule has 0 amide bonds. The molecular formula is C70H140N14O28. The van der Waals surface area contributed by atoms with Crippen molar-refractivity contribution in [1.82, 2.24) is 71.5 Å². The van der Waals surface area contributed by atoms with Crippen LogP contribution in [0, 0.1) is 0 Å². The van der Waals surface area contributed by atoms with Gasteiger partial charge in [0, 0.05) is 137 Å². The number of hydrogen-bond acceptors (Lipinski definition) is 42. The average molecular weight is 1630 g/mol. The fourth-order valence-electron chi connectivity index (χ4n) is 14.4. The van der Waals surface area contributed by atoms with E-state index in [0.29, 0.717) is 91.6 Å². The summed E-state index contributed by atoms with van der Waals surface area (Å²) in [5.41, 5.74) is 0. The maximum absolute atomic E-state index is 12.4. The van der Waals surface area contributed by atoms with Gasteiger partial charge in [0.2, 0.25) is 0 Å². The molecule has 3 unspecified atom stereocenters. The molecule has 0 saturated carbocycles. The van der Waals surface area contributed by atoms with Crippen LogP contribution in [0.3, 0.4) is 0 Å². The predicted molar refractivity (Wildman–Crippen MR) is 399 cm³/mol. The third kappa shape index (κ3) is 26.9. The van der Waals surface area contributed by atoms with Crippen molar-refractivity contribution < 1.29 is 138 Å². The standard InChI is InChI=1S/C70H140N14O28/c1-78(2)22-15-71-29-36-57-43(85)50(92)64(99-36)107-58-37(30-72-16-23-79(3)4)101-66(52(94)45(58)87)109-60-39(32-74-18-25-81(7)8)103-68(54(96)47(60)89)111-62-41(34-76-20-27-83(11)12)105-70(56(98)49(62)91)112-63-42(35-77-21-28-84(13)14)104-69(55(97)48(63)90)110-61-40(33-75-19-26-82(9)10)102-67(53(95)46(61)88)108-59-38(31-73-17-24-80(5)6)100-65(106-57)51(93)44(59)86/h36-77,85-98H,15-35H2,1-14H3/t36-,37-,38-,39-,40-,41-,42-,43-,44-,45-,46-,47-,48-,49?,50-,51?,52-,53?,54-,55-,56-,57-,58-,59-,60-,61-,62-,63-,64-,65-,66-,67-,68-,69-,70-/m1/s1. The Morgan fingerprint density at radius 1 is 0.170 bits per heavy atom. The van der Waals surface area contributed by atoms with Crippen LogP contribution >= 0.6 is 0 Å². The molecule has 42 heteroatoms. The second-order valence-corrected chi connectivity index (χ2v) is 32.4. The molecule has 21 rings (SSSR count). The van der Waals surface area contributed by atoms with Gasteiger partial charge in [-0.2, -0.15) is 0 Å². The van der Waals surface area contributed by atoms with E-state index in [1.807, 2.05) is 133 Å².